The summed E-state index contributed by atoms with van der Waals surface area (Å²) in [7, 11) is 0. The van der Waals surface area contributed by atoms with Crippen LogP contribution in [0, 0.1) is 0 Å². The zero-order valence-corrected chi connectivity index (χ0v) is 16.4. The highest BCUT2D eigenvalue weighted by molar-refractivity contribution is 6.30. The van der Waals surface area contributed by atoms with Crippen LogP contribution in [0.25, 0.3) is 11.0 Å². The molecule has 2 aromatic carbocycles. The van der Waals surface area contributed by atoms with Crippen LogP contribution in [0.4, 0.5) is 5.82 Å². The van der Waals surface area contributed by atoms with Crippen molar-refractivity contribution in [2.24, 2.45) is 0 Å². The fourth-order valence-corrected chi connectivity index (χ4v) is 2.77. The molecule has 146 valence electrons. The molecule has 0 amide bonds. The Kier molecular flexibility index (Phi) is 7.17. The minimum absolute atomic E-state index is 0.172. The second-order valence-electron chi connectivity index (χ2n) is 6.05. The quantitative estimate of drug-likeness (QED) is 0.430. The van der Waals surface area contributed by atoms with Gasteiger partial charge in [0.1, 0.15) is 6.61 Å². The summed E-state index contributed by atoms with van der Waals surface area (Å²) in [4.78, 5) is 21.5. The lowest BCUT2D eigenvalue weighted by molar-refractivity contribution is 0.0330. The standard InChI is InChI=1S/C21H22ClN3O3/c1-2-27-13-14-28-21(26)19-20(25-18-6-4-3-5-17(18)24-19)23-12-11-15-7-9-16(22)10-8-15/h3-10H,2,11-14H2,1H3,(H,23,25). The third-order valence-electron chi connectivity index (χ3n) is 4.05. The number of hydrogen-bond donors (Lipinski definition) is 1. The van der Waals surface area contributed by atoms with Crippen LogP contribution in [0.2, 0.25) is 5.02 Å². The van der Waals surface area contributed by atoms with Gasteiger partial charge in [-0.15, -0.1) is 0 Å². The van der Waals surface area contributed by atoms with E-state index in [-0.39, 0.29) is 12.3 Å². The topological polar surface area (TPSA) is 73.3 Å². The zero-order chi connectivity index (χ0) is 19.8. The van der Waals surface area contributed by atoms with Gasteiger partial charge in [0.25, 0.3) is 0 Å². The van der Waals surface area contributed by atoms with Gasteiger partial charge in [-0.2, -0.15) is 0 Å². The van der Waals surface area contributed by atoms with Gasteiger partial charge >= 0.3 is 5.97 Å². The molecule has 28 heavy (non-hydrogen) atoms. The zero-order valence-electron chi connectivity index (χ0n) is 15.7. The molecule has 1 aromatic heterocycles. The minimum atomic E-state index is -0.521. The second-order valence-corrected chi connectivity index (χ2v) is 6.48. The molecule has 0 bridgehead atoms. The number of aromatic nitrogens is 2. The Labute approximate surface area is 168 Å². The lowest BCUT2D eigenvalue weighted by Gasteiger charge is -2.12. The van der Waals surface area contributed by atoms with Crippen molar-refractivity contribution in [3.8, 4) is 0 Å². The first kappa shape index (κ1) is 20.0. The van der Waals surface area contributed by atoms with Gasteiger partial charge in [0.05, 0.1) is 17.6 Å². The first-order chi connectivity index (χ1) is 13.7. The number of para-hydroxylation sites is 2. The normalized spacial score (nSPS) is 10.8. The molecule has 0 aliphatic heterocycles. The number of rotatable bonds is 9. The van der Waals surface area contributed by atoms with Gasteiger partial charge in [-0.25, -0.2) is 14.8 Å². The molecule has 1 N–H and O–H groups in total. The minimum Gasteiger partial charge on any atom is -0.458 e. The van der Waals surface area contributed by atoms with E-state index in [1.54, 1.807) is 0 Å². The van der Waals surface area contributed by atoms with Gasteiger partial charge < -0.3 is 14.8 Å². The van der Waals surface area contributed by atoms with E-state index in [0.29, 0.717) is 41.6 Å². The number of hydrogen-bond acceptors (Lipinski definition) is 6. The molecule has 0 radical (unpaired) electrons. The Bertz CT molecular complexity index is 932. The summed E-state index contributed by atoms with van der Waals surface area (Å²) in [5.74, 6) is -0.110. The van der Waals surface area contributed by atoms with Gasteiger partial charge in [0.2, 0.25) is 0 Å². The highest BCUT2D eigenvalue weighted by atomic mass is 35.5. The third kappa shape index (κ3) is 5.41. The van der Waals surface area contributed by atoms with Crippen molar-refractivity contribution in [2.75, 3.05) is 31.7 Å². The van der Waals surface area contributed by atoms with Crippen LogP contribution in [0.5, 0.6) is 0 Å². The van der Waals surface area contributed by atoms with E-state index < -0.39 is 5.97 Å². The van der Waals surface area contributed by atoms with E-state index in [1.807, 2.05) is 55.5 Å². The maximum atomic E-state index is 12.5. The Balaban J connectivity index is 1.74. The van der Waals surface area contributed by atoms with Crippen LogP contribution in [-0.2, 0) is 15.9 Å². The maximum Gasteiger partial charge on any atom is 0.360 e. The maximum absolute atomic E-state index is 12.5. The van der Waals surface area contributed by atoms with Crippen molar-refractivity contribution in [3.63, 3.8) is 0 Å². The average Bonchev–Trinajstić information content (AvgIpc) is 2.72. The lowest BCUT2D eigenvalue weighted by Crippen LogP contribution is -2.17. The number of esters is 1. The molecule has 0 saturated heterocycles. The molecule has 7 heteroatoms. The Hall–Kier alpha value is -2.70. The van der Waals surface area contributed by atoms with Gasteiger partial charge in [-0.05, 0) is 43.2 Å². The molecule has 0 unspecified atom stereocenters. The largest absolute Gasteiger partial charge is 0.458 e. The van der Waals surface area contributed by atoms with E-state index in [2.05, 4.69) is 15.3 Å². The summed E-state index contributed by atoms with van der Waals surface area (Å²) in [6.45, 7) is 3.58. The number of halogens is 1. The fraction of sp³-hybridized carbons (Fsp3) is 0.286. The summed E-state index contributed by atoms with van der Waals surface area (Å²) in [5, 5.41) is 3.92. The van der Waals surface area contributed by atoms with E-state index in [9.17, 15) is 4.79 Å². The smallest absolute Gasteiger partial charge is 0.360 e. The molecule has 0 saturated carbocycles. The highest BCUT2D eigenvalue weighted by Gasteiger charge is 2.18. The molecule has 6 nitrogen and oxygen atoms in total. The summed E-state index contributed by atoms with van der Waals surface area (Å²) in [6.07, 6.45) is 0.754. The number of ether oxygens (including phenoxy) is 2. The summed E-state index contributed by atoms with van der Waals surface area (Å²) in [5.41, 5.74) is 2.66. The van der Waals surface area contributed by atoms with Crippen molar-refractivity contribution >= 4 is 34.4 Å². The molecule has 0 aliphatic rings. The summed E-state index contributed by atoms with van der Waals surface area (Å²) < 4.78 is 10.5. The van der Waals surface area contributed by atoms with Gasteiger partial charge in [0, 0.05) is 18.2 Å². The molecule has 0 atom stereocenters. The van der Waals surface area contributed by atoms with E-state index >= 15 is 0 Å². The molecule has 0 fully saturated rings. The van der Waals surface area contributed by atoms with Gasteiger partial charge in [-0.1, -0.05) is 35.9 Å². The molecule has 3 rings (SSSR count). The van der Waals surface area contributed by atoms with Gasteiger partial charge in [0.15, 0.2) is 11.5 Å². The third-order valence-corrected chi connectivity index (χ3v) is 4.30. The van der Waals surface area contributed by atoms with Crippen LogP contribution in [0.1, 0.15) is 23.0 Å². The lowest BCUT2D eigenvalue weighted by atomic mass is 10.1. The molecular formula is C21H22ClN3O3. The monoisotopic (exact) mass is 399 g/mol. The summed E-state index contributed by atoms with van der Waals surface area (Å²) >= 11 is 5.92. The van der Waals surface area contributed by atoms with Crippen molar-refractivity contribution in [2.45, 2.75) is 13.3 Å². The number of anilines is 1. The number of carbonyl (C=O) groups excluding carboxylic acids is 1. The number of nitrogens with one attached hydrogen (secondary N) is 1. The van der Waals surface area contributed by atoms with Crippen LogP contribution in [0.3, 0.4) is 0 Å². The summed E-state index contributed by atoms with van der Waals surface area (Å²) in [6, 6.07) is 15.1. The van der Waals surface area contributed by atoms with E-state index in [1.165, 1.54) is 0 Å². The second kappa shape index (κ2) is 10.0. The van der Waals surface area contributed by atoms with Crippen LogP contribution in [-0.4, -0.2) is 42.3 Å². The Morgan fingerprint density at radius 2 is 1.75 bits per heavy atom. The number of fused-ring (bicyclic) bond motifs is 1. The van der Waals surface area contributed by atoms with Gasteiger partial charge in [-0.3, -0.25) is 0 Å². The highest BCUT2D eigenvalue weighted by Crippen LogP contribution is 2.18. The number of carbonyl (C=O) groups is 1. The van der Waals surface area contributed by atoms with Crippen molar-refractivity contribution in [3.05, 3.63) is 64.8 Å². The number of nitrogens with zero attached hydrogens (tertiary/aromatic N) is 2. The Morgan fingerprint density at radius 3 is 2.46 bits per heavy atom. The molecular weight excluding hydrogens is 378 g/mol. The Morgan fingerprint density at radius 1 is 1.04 bits per heavy atom. The van der Waals surface area contributed by atoms with Crippen LogP contribution >= 0.6 is 11.6 Å². The van der Waals surface area contributed by atoms with Crippen molar-refractivity contribution in [1.82, 2.24) is 9.97 Å². The molecule has 0 spiro atoms. The molecule has 0 aliphatic carbocycles. The predicted molar refractivity (Wildman–Crippen MR) is 110 cm³/mol. The predicted octanol–water partition coefficient (Wildman–Crippen LogP) is 4.13. The molecule has 3 aromatic rings. The van der Waals surface area contributed by atoms with E-state index in [0.717, 1.165) is 12.0 Å². The molecule has 1 heterocycles. The number of benzene rings is 2. The van der Waals surface area contributed by atoms with Crippen LogP contribution in [0.15, 0.2) is 48.5 Å². The van der Waals surface area contributed by atoms with Crippen molar-refractivity contribution < 1.29 is 14.3 Å². The average molecular weight is 400 g/mol. The fourth-order valence-electron chi connectivity index (χ4n) is 2.65. The van der Waals surface area contributed by atoms with E-state index in [4.69, 9.17) is 21.1 Å². The van der Waals surface area contributed by atoms with Crippen molar-refractivity contribution in [1.29, 1.82) is 0 Å². The van der Waals surface area contributed by atoms with Crippen LogP contribution < -0.4 is 5.32 Å². The first-order valence-corrected chi connectivity index (χ1v) is 9.55. The first-order valence-electron chi connectivity index (χ1n) is 9.17. The SMILES string of the molecule is CCOCCOC(=O)c1nc2ccccc2nc1NCCc1ccc(Cl)cc1.